The molecule has 0 amide bonds. The Morgan fingerprint density at radius 2 is 2.17 bits per heavy atom. The average Bonchev–Trinajstić information content (AvgIpc) is 2.86. The fourth-order valence-corrected chi connectivity index (χ4v) is 2.27. The van der Waals surface area contributed by atoms with Gasteiger partial charge in [0.05, 0.1) is 19.4 Å². The molecule has 0 radical (unpaired) electrons. The third-order valence-electron chi connectivity index (χ3n) is 3.06. The predicted octanol–water partition coefficient (Wildman–Crippen LogP) is 3.57. The van der Waals surface area contributed by atoms with Gasteiger partial charge in [0.25, 0.3) is 0 Å². The first-order valence-corrected chi connectivity index (χ1v) is 8.01. The Kier molecular flexibility index (Phi) is 5.92. The second-order valence-electron chi connectivity index (χ2n) is 5.33. The van der Waals surface area contributed by atoms with Gasteiger partial charge in [-0.2, -0.15) is 14.9 Å². The zero-order valence-corrected chi connectivity index (χ0v) is 14.7. The summed E-state index contributed by atoms with van der Waals surface area (Å²) in [5.41, 5.74) is 0.892. The molecule has 1 aromatic carbocycles. The van der Waals surface area contributed by atoms with E-state index in [2.05, 4.69) is 22.2 Å². The Labute approximate surface area is 141 Å². The Bertz CT molecular complexity index is 734. The molecule has 2 aromatic rings. The van der Waals surface area contributed by atoms with Crippen molar-refractivity contribution in [3.63, 3.8) is 0 Å². The lowest BCUT2D eigenvalue weighted by molar-refractivity contribution is 0.230. The highest BCUT2D eigenvalue weighted by Gasteiger charge is 2.07. The van der Waals surface area contributed by atoms with E-state index < -0.39 is 0 Å². The highest BCUT2D eigenvalue weighted by Crippen LogP contribution is 2.28. The summed E-state index contributed by atoms with van der Waals surface area (Å²) in [7, 11) is 1.62. The van der Waals surface area contributed by atoms with Crippen molar-refractivity contribution in [3.05, 3.63) is 34.4 Å². The molecule has 124 valence electrons. The number of aromatic amines is 1. The molecule has 1 N–H and O–H groups in total. The number of hydrogen-bond acceptors (Lipinski definition) is 5. The first-order chi connectivity index (χ1) is 11.0. The number of rotatable bonds is 7. The van der Waals surface area contributed by atoms with Gasteiger partial charge in [0.15, 0.2) is 17.3 Å². The summed E-state index contributed by atoms with van der Waals surface area (Å²) in [6.07, 6.45) is 3.61. The topological polar surface area (TPSA) is 64.4 Å². The molecule has 0 saturated carbocycles. The van der Waals surface area contributed by atoms with Crippen LogP contribution >= 0.6 is 12.2 Å². The fraction of sp³-hybridized carbons (Fsp3) is 0.438. The van der Waals surface area contributed by atoms with E-state index >= 15 is 0 Å². The highest BCUT2D eigenvalue weighted by atomic mass is 32.1. The maximum Gasteiger partial charge on any atom is 0.216 e. The van der Waals surface area contributed by atoms with Crippen LogP contribution in [0.1, 0.15) is 38.6 Å². The summed E-state index contributed by atoms with van der Waals surface area (Å²) in [6, 6.07) is 5.68. The van der Waals surface area contributed by atoms with Crippen LogP contribution in [0.25, 0.3) is 0 Å². The number of nitrogens with one attached hydrogen (secondary N) is 1. The molecular weight excluding hydrogens is 312 g/mol. The van der Waals surface area contributed by atoms with Gasteiger partial charge in [-0.15, -0.1) is 0 Å². The number of benzene rings is 1. The second kappa shape index (κ2) is 7.92. The summed E-state index contributed by atoms with van der Waals surface area (Å²) < 4.78 is 13.2. The number of aromatic nitrogens is 3. The molecule has 0 fully saturated rings. The maximum atomic E-state index is 5.71. The third kappa shape index (κ3) is 4.41. The first-order valence-electron chi connectivity index (χ1n) is 7.60. The van der Waals surface area contributed by atoms with Crippen molar-refractivity contribution in [3.8, 4) is 11.5 Å². The van der Waals surface area contributed by atoms with Crippen molar-refractivity contribution in [2.45, 2.75) is 39.7 Å². The SMILES string of the molecule is CCCc1n[nH]c(=S)n1/N=C/c1ccc(OC(C)C)c(OC)c1. The molecule has 1 aromatic heterocycles. The number of nitrogens with zero attached hydrogens (tertiary/aromatic N) is 3. The number of aryl methyl sites for hydroxylation is 1. The van der Waals surface area contributed by atoms with Crippen molar-refractivity contribution in [2.24, 2.45) is 5.10 Å². The van der Waals surface area contributed by atoms with Crippen molar-refractivity contribution >= 4 is 18.4 Å². The molecule has 23 heavy (non-hydrogen) atoms. The molecule has 0 aliphatic rings. The average molecular weight is 334 g/mol. The predicted molar refractivity (Wildman–Crippen MR) is 93.2 cm³/mol. The number of H-pyrrole nitrogens is 1. The largest absolute Gasteiger partial charge is 0.493 e. The van der Waals surface area contributed by atoms with Gasteiger partial charge in [0.1, 0.15) is 0 Å². The van der Waals surface area contributed by atoms with Crippen LogP contribution in [-0.2, 0) is 6.42 Å². The van der Waals surface area contributed by atoms with Gasteiger partial charge in [-0.3, -0.25) is 5.10 Å². The molecule has 0 aliphatic carbocycles. The molecular formula is C16H22N4O2S. The van der Waals surface area contributed by atoms with Crippen LogP contribution < -0.4 is 9.47 Å². The van der Waals surface area contributed by atoms with Gasteiger partial charge in [-0.05, 0) is 56.2 Å². The van der Waals surface area contributed by atoms with Crippen LogP contribution in [0.4, 0.5) is 0 Å². The van der Waals surface area contributed by atoms with Gasteiger partial charge >= 0.3 is 0 Å². The zero-order chi connectivity index (χ0) is 16.8. The van der Waals surface area contributed by atoms with Gasteiger partial charge in [0, 0.05) is 6.42 Å². The Morgan fingerprint density at radius 3 is 2.83 bits per heavy atom. The molecule has 7 heteroatoms. The lowest BCUT2D eigenvalue weighted by atomic mass is 10.2. The van der Waals surface area contributed by atoms with Gasteiger partial charge in [-0.1, -0.05) is 6.92 Å². The van der Waals surface area contributed by atoms with Gasteiger partial charge in [0.2, 0.25) is 4.77 Å². The Balaban J connectivity index is 2.26. The van der Waals surface area contributed by atoms with E-state index in [0.717, 1.165) is 24.2 Å². The molecule has 0 aliphatic heterocycles. The van der Waals surface area contributed by atoms with Crippen LogP contribution in [0, 0.1) is 4.77 Å². The Morgan fingerprint density at radius 1 is 1.39 bits per heavy atom. The minimum atomic E-state index is 0.0873. The fourth-order valence-electron chi connectivity index (χ4n) is 2.07. The molecule has 0 unspecified atom stereocenters. The summed E-state index contributed by atoms with van der Waals surface area (Å²) >= 11 is 5.21. The molecule has 2 rings (SSSR count). The summed E-state index contributed by atoms with van der Waals surface area (Å²) in [4.78, 5) is 0. The smallest absolute Gasteiger partial charge is 0.216 e. The summed E-state index contributed by atoms with van der Waals surface area (Å²) in [5, 5.41) is 11.4. The van der Waals surface area contributed by atoms with Crippen molar-refractivity contribution in [1.29, 1.82) is 0 Å². The van der Waals surface area contributed by atoms with Crippen LogP contribution in [0.2, 0.25) is 0 Å². The van der Waals surface area contributed by atoms with Crippen LogP contribution in [0.5, 0.6) is 11.5 Å². The van der Waals surface area contributed by atoms with E-state index in [1.54, 1.807) is 18.0 Å². The maximum absolute atomic E-state index is 5.71. The van der Waals surface area contributed by atoms with Crippen molar-refractivity contribution < 1.29 is 9.47 Å². The molecule has 0 atom stereocenters. The second-order valence-corrected chi connectivity index (χ2v) is 5.71. The van der Waals surface area contributed by atoms with Gasteiger partial charge in [-0.25, -0.2) is 0 Å². The normalized spacial score (nSPS) is 11.3. The third-order valence-corrected chi connectivity index (χ3v) is 3.33. The van der Waals surface area contributed by atoms with Crippen molar-refractivity contribution in [2.75, 3.05) is 7.11 Å². The van der Waals surface area contributed by atoms with E-state index in [1.165, 1.54) is 0 Å². The van der Waals surface area contributed by atoms with Crippen LogP contribution in [-0.4, -0.2) is 34.3 Å². The molecule has 0 bridgehead atoms. The minimum absolute atomic E-state index is 0.0873. The van der Waals surface area contributed by atoms with E-state index in [1.807, 2.05) is 32.0 Å². The Hall–Kier alpha value is -2.15. The van der Waals surface area contributed by atoms with E-state index in [0.29, 0.717) is 16.3 Å². The highest BCUT2D eigenvalue weighted by molar-refractivity contribution is 7.71. The number of hydrogen-bond donors (Lipinski definition) is 1. The van der Waals surface area contributed by atoms with E-state index in [9.17, 15) is 0 Å². The van der Waals surface area contributed by atoms with Crippen molar-refractivity contribution in [1.82, 2.24) is 14.9 Å². The minimum Gasteiger partial charge on any atom is -0.493 e. The number of ether oxygens (including phenoxy) is 2. The zero-order valence-electron chi connectivity index (χ0n) is 13.9. The van der Waals surface area contributed by atoms with E-state index in [-0.39, 0.29) is 6.10 Å². The monoisotopic (exact) mass is 334 g/mol. The molecule has 1 heterocycles. The molecule has 0 saturated heterocycles. The summed E-state index contributed by atoms with van der Waals surface area (Å²) in [6.45, 7) is 6.04. The van der Waals surface area contributed by atoms with E-state index in [4.69, 9.17) is 21.7 Å². The summed E-state index contributed by atoms with van der Waals surface area (Å²) in [5.74, 6) is 2.21. The first kappa shape index (κ1) is 17.2. The standard InChI is InChI=1S/C16H22N4O2S/c1-5-6-15-18-19-16(23)20(15)17-10-12-7-8-13(22-11(2)3)14(9-12)21-4/h7-11H,5-6H2,1-4H3,(H,19,23)/b17-10+. The number of methoxy groups -OCH3 is 1. The van der Waals surface area contributed by atoms with Gasteiger partial charge < -0.3 is 9.47 Å². The quantitative estimate of drug-likeness (QED) is 0.621. The molecule has 6 nitrogen and oxygen atoms in total. The lowest BCUT2D eigenvalue weighted by Gasteiger charge is -2.13. The molecule has 0 spiro atoms. The van der Waals surface area contributed by atoms with Crippen LogP contribution in [0.3, 0.4) is 0 Å². The van der Waals surface area contributed by atoms with Crippen LogP contribution in [0.15, 0.2) is 23.3 Å². The lowest BCUT2D eigenvalue weighted by Crippen LogP contribution is -2.07.